The second-order valence-corrected chi connectivity index (χ2v) is 9.28. The number of nitrogens with two attached hydrogens (primary N) is 1. The number of rotatable bonds is 3. The van der Waals surface area contributed by atoms with E-state index in [1.54, 1.807) is 18.4 Å². The van der Waals surface area contributed by atoms with Crippen LogP contribution in [0, 0.1) is 6.92 Å². The SMILES string of the molecule is Cc1cncc(-c2csc([C@@]3(C)N=C(N)N(C)C(=O)[C@@H]3c3ccc4c(c3)CCO4)c2)c1. The number of aryl methyl sites for hydroxylation is 1. The van der Waals surface area contributed by atoms with Gasteiger partial charge in [0.15, 0.2) is 5.96 Å². The number of aliphatic imine (C=N–C) groups is 1. The number of hydrogen-bond donors (Lipinski definition) is 1. The van der Waals surface area contributed by atoms with Gasteiger partial charge in [-0.15, -0.1) is 11.3 Å². The van der Waals surface area contributed by atoms with Crippen molar-refractivity contribution in [1.29, 1.82) is 0 Å². The predicted molar refractivity (Wildman–Crippen MR) is 122 cm³/mol. The second kappa shape index (κ2) is 7.20. The van der Waals surface area contributed by atoms with Crippen LogP contribution >= 0.6 is 11.3 Å². The Labute approximate surface area is 185 Å². The van der Waals surface area contributed by atoms with Gasteiger partial charge >= 0.3 is 0 Å². The largest absolute Gasteiger partial charge is 0.493 e. The summed E-state index contributed by atoms with van der Waals surface area (Å²) in [5, 5.41) is 2.10. The van der Waals surface area contributed by atoms with Crippen molar-refractivity contribution in [2.24, 2.45) is 10.7 Å². The molecule has 6 nitrogen and oxygen atoms in total. The molecule has 1 amide bonds. The first-order valence-corrected chi connectivity index (χ1v) is 11.1. The minimum Gasteiger partial charge on any atom is -0.493 e. The highest BCUT2D eigenvalue weighted by Crippen LogP contribution is 2.47. The van der Waals surface area contributed by atoms with Gasteiger partial charge in [-0.25, -0.2) is 4.99 Å². The van der Waals surface area contributed by atoms with Crippen LogP contribution in [0.4, 0.5) is 0 Å². The van der Waals surface area contributed by atoms with Crippen LogP contribution in [0.3, 0.4) is 0 Å². The van der Waals surface area contributed by atoms with Crippen molar-refractivity contribution < 1.29 is 9.53 Å². The van der Waals surface area contributed by atoms with E-state index in [2.05, 4.69) is 28.6 Å². The third-order valence-corrected chi connectivity index (χ3v) is 7.34. The van der Waals surface area contributed by atoms with Crippen molar-refractivity contribution >= 4 is 23.2 Å². The lowest BCUT2D eigenvalue weighted by Crippen LogP contribution is -2.52. The Balaban J connectivity index is 1.63. The molecule has 1 aromatic carbocycles. The maximum Gasteiger partial charge on any atom is 0.239 e. The van der Waals surface area contributed by atoms with Crippen LogP contribution in [-0.4, -0.2) is 35.4 Å². The number of hydrogen-bond acceptors (Lipinski definition) is 6. The topological polar surface area (TPSA) is 80.8 Å². The summed E-state index contributed by atoms with van der Waals surface area (Å²) in [5.41, 5.74) is 10.7. The molecule has 2 aliphatic heterocycles. The number of nitrogens with zero attached hydrogens (tertiary/aromatic N) is 3. The minimum atomic E-state index is -0.804. The van der Waals surface area contributed by atoms with E-state index < -0.39 is 11.5 Å². The van der Waals surface area contributed by atoms with E-state index in [0.717, 1.165) is 44.9 Å². The standard InChI is InChI=1S/C24H24N4O2S/c1-14-8-17(12-26-11-14)18-10-20(31-13-18)24(2)21(22(29)28(3)23(25)27-24)16-4-5-19-15(9-16)6-7-30-19/h4-5,8-13,21H,6-7H2,1-3H3,(H2,25,27)/t21-,24+/m0/s1. The van der Waals surface area contributed by atoms with Gasteiger partial charge in [-0.05, 0) is 59.7 Å². The number of benzene rings is 1. The van der Waals surface area contributed by atoms with Gasteiger partial charge in [0.1, 0.15) is 11.3 Å². The second-order valence-electron chi connectivity index (χ2n) is 8.36. The average Bonchev–Trinajstić information content (AvgIpc) is 3.42. The van der Waals surface area contributed by atoms with Crippen molar-refractivity contribution in [3.05, 3.63) is 69.7 Å². The minimum absolute atomic E-state index is 0.0546. The Hall–Kier alpha value is -3.19. The Morgan fingerprint density at radius 2 is 2.06 bits per heavy atom. The van der Waals surface area contributed by atoms with E-state index in [-0.39, 0.29) is 11.9 Å². The fourth-order valence-electron chi connectivity index (χ4n) is 4.44. The highest BCUT2D eigenvalue weighted by molar-refractivity contribution is 7.10. The van der Waals surface area contributed by atoms with E-state index in [0.29, 0.717) is 6.61 Å². The van der Waals surface area contributed by atoms with E-state index in [1.807, 2.05) is 38.4 Å². The molecule has 0 aliphatic carbocycles. The van der Waals surface area contributed by atoms with Gasteiger partial charge < -0.3 is 10.5 Å². The summed E-state index contributed by atoms with van der Waals surface area (Å²) in [7, 11) is 1.68. The van der Waals surface area contributed by atoms with E-state index in [1.165, 1.54) is 4.90 Å². The highest BCUT2D eigenvalue weighted by atomic mass is 32.1. The van der Waals surface area contributed by atoms with Gasteiger partial charge in [0.05, 0.1) is 12.5 Å². The zero-order valence-electron chi connectivity index (χ0n) is 17.8. The zero-order valence-corrected chi connectivity index (χ0v) is 18.6. The highest BCUT2D eigenvalue weighted by Gasteiger charge is 2.48. The molecule has 0 fully saturated rings. The molecular formula is C24H24N4O2S. The third kappa shape index (κ3) is 3.20. The zero-order chi connectivity index (χ0) is 21.8. The lowest BCUT2D eigenvalue weighted by Gasteiger charge is -2.40. The number of amides is 1. The molecule has 0 unspecified atom stereocenters. The molecule has 4 heterocycles. The van der Waals surface area contributed by atoms with Crippen LogP contribution in [0.1, 0.15) is 34.4 Å². The summed E-state index contributed by atoms with van der Waals surface area (Å²) < 4.78 is 5.66. The van der Waals surface area contributed by atoms with E-state index >= 15 is 0 Å². The summed E-state index contributed by atoms with van der Waals surface area (Å²) in [6, 6.07) is 10.3. The number of pyridine rings is 1. The first-order valence-electron chi connectivity index (χ1n) is 10.3. The van der Waals surface area contributed by atoms with Gasteiger partial charge in [0, 0.05) is 36.3 Å². The average molecular weight is 433 g/mol. The van der Waals surface area contributed by atoms with Crippen molar-refractivity contribution in [3.63, 3.8) is 0 Å². The molecule has 158 valence electrons. The fourth-order valence-corrected chi connectivity index (χ4v) is 5.50. The molecule has 2 aliphatic rings. The first kappa shape index (κ1) is 19.8. The molecule has 5 rings (SSSR count). The Morgan fingerprint density at radius 3 is 2.87 bits per heavy atom. The fraction of sp³-hybridized carbons (Fsp3) is 0.292. The Bertz CT molecular complexity index is 1220. The number of guanidine groups is 1. The Kier molecular flexibility index (Phi) is 4.59. The summed E-state index contributed by atoms with van der Waals surface area (Å²) in [5.74, 6) is 0.606. The molecule has 3 aromatic rings. The van der Waals surface area contributed by atoms with Crippen LogP contribution in [0.5, 0.6) is 5.75 Å². The number of ether oxygens (including phenoxy) is 1. The van der Waals surface area contributed by atoms with Gasteiger partial charge in [0.2, 0.25) is 5.91 Å². The maximum absolute atomic E-state index is 13.5. The van der Waals surface area contributed by atoms with E-state index in [9.17, 15) is 4.79 Å². The molecule has 31 heavy (non-hydrogen) atoms. The van der Waals surface area contributed by atoms with Gasteiger partial charge in [0.25, 0.3) is 0 Å². The van der Waals surface area contributed by atoms with Crippen LogP contribution in [0.15, 0.2) is 53.1 Å². The summed E-state index contributed by atoms with van der Waals surface area (Å²) in [6.07, 6.45) is 4.55. The van der Waals surface area contributed by atoms with Crippen molar-refractivity contribution in [2.45, 2.75) is 31.7 Å². The number of likely N-dealkylation sites (N-methyl/N-ethyl adjacent to an activating group) is 1. The molecule has 0 spiro atoms. The molecule has 0 saturated heterocycles. The van der Waals surface area contributed by atoms with Crippen LogP contribution < -0.4 is 10.5 Å². The molecule has 0 bridgehead atoms. The molecule has 2 atom stereocenters. The predicted octanol–water partition coefficient (Wildman–Crippen LogP) is 3.84. The van der Waals surface area contributed by atoms with Crippen molar-refractivity contribution in [3.8, 4) is 16.9 Å². The van der Waals surface area contributed by atoms with Gasteiger partial charge in [-0.2, -0.15) is 0 Å². The summed E-state index contributed by atoms with van der Waals surface area (Å²) in [6.45, 7) is 4.71. The quantitative estimate of drug-likeness (QED) is 0.682. The van der Waals surface area contributed by atoms with Crippen LogP contribution in [0.25, 0.3) is 11.1 Å². The summed E-state index contributed by atoms with van der Waals surface area (Å²) in [4.78, 5) is 25.1. The maximum atomic E-state index is 13.5. The molecule has 7 heteroatoms. The monoisotopic (exact) mass is 432 g/mol. The number of thiophene rings is 1. The number of carbonyl (C=O) groups is 1. The van der Waals surface area contributed by atoms with Crippen LogP contribution in [0.2, 0.25) is 0 Å². The number of fused-ring (bicyclic) bond motifs is 1. The van der Waals surface area contributed by atoms with Crippen LogP contribution in [-0.2, 0) is 16.8 Å². The molecule has 2 aromatic heterocycles. The normalized spacial score (nSPS) is 22.8. The Morgan fingerprint density at radius 1 is 1.23 bits per heavy atom. The lowest BCUT2D eigenvalue weighted by molar-refractivity contribution is -0.130. The molecule has 2 N–H and O–H groups in total. The van der Waals surface area contributed by atoms with Crippen molar-refractivity contribution in [2.75, 3.05) is 13.7 Å². The summed E-state index contributed by atoms with van der Waals surface area (Å²) >= 11 is 1.60. The number of carbonyl (C=O) groups excluding carboxylic acids is 1. The first-order chi connectivity index (χ1) is 14.9. The van der Waals surface area contributed by atoms with Crippen molar-refractivity contribution in [1.82, 2.24) is 9.88 Å². The molecule has 0 radical (unpaired) electrons. The molecule has 0 saturated carbocycles. The smallest absolute Gasteiger partial charge is 0.239 e. The third-order valence-electron chi connectivity index (χ3n) is 6.18. The van der Waals surface area contributed by atoms with Gasteiger partial charge in [-0.3, -0.25) is 14.7 Å². The molecular weight excluding hydrogens is 408 g/mol. The van der Waals surface area contributed by atoms with E-state index in [4.69, 9.17) is 15.5 Å². The lowest BCUT2D eigenvalue weighted by atomic mass is 9.77. The number of aromatic nitrogens is 1. The van der Waals surface area contributed by atoms with Gasteiger partial charge in [-0.1, -0.05) is 12.1 Å².